The highest BCUT2D eigenvalue weighted by atomic mass is 28.4. The van der Waals surface area contributed by atoms with Crippen molar-refractivity contribution in [2.75, 3.05) is 7.11 Å². The molecular weight excluding hydrogens is 292 g/mol. The van der Waals surface area contributed by atoms with Crippen molar-refractivity contribution in [1.82, 2.24) is 0 Å². The Balaban J connectivity index is 2.94. The maximum absolute atomic E-state index is 10.3. The SMILES string of the molecule is COc1cc(/C=C\CCC=O)ccc1O[Si](C)(C)C(C)(C)C. The fourth-order valence-electron chi connectivity index (χ4n) is 1.68. The first-order chi connectivity index (χ1) is 10.2. The highest BCUT2D eigenvalue weighted by molar-refractivity contribution is 6.74. The smallest absolute Gasteiger partial charge is 0.250 e. The summed E-state index contributed by atoms with van der Waals surface area (Å²) in [6.45, 7) is 11.1. The van der Waals surface area contributed by atoms with Crippen molar-refractivity contribution in [2.24, 2.45) is 0 Å². The number of methoxy groups -OCH3 is 1. The van der Waals surface area contributed by atoms with E-state index in [-0.39, 0.29) is 5.04 Å². The summed E-state index contributed by atoms with van der Waals surface area (Å²) in [6.07, 6.45) is 6.25. The van der Waals surface area contributed by atoms with Crippen molar-refractivity contribution in [3.8, 4) is 11.5 Å². The zero-order chi connectivity index (χ0) is 16.8. The molecule has 0 aliphatic rings. The van der Waals surface area contributed by atoms with Gasteiger partial charge >= 0.3 is 0 Å². The van der Waals surface area contributed by atoms with Gasteiger partial charge < -0.3 is 14.0 Å². The Hall–Kier alpha value is -1.55. The van der Waals surface area contributed by atoms with Crippen molar-refractivity contribution in [2.45, 2.75) is 51.7 Å². The monoisotopic (exact) mass is 320 g/mol. The number of benzene rings is 1. The van der Waals surface area contributed by atoms with Gasteiger partial charge in [-0.25, -0.2) is 0 Å². The van der Waals surface area contributed by atoms with Gasteiger partial charge in [0.1, 0.15) is 12.0 Å². The molecule has 0 saturated carbocycles. The van der Waals surface area contributed by atoms with Crippen LogP contribution in [0.2, 0.25) is 18.1 Å². The van der Waals surface area contributed by atoms with Crippen LogP contribution < -0.4 is 9.16 Å². The summed E-state index contributed by atoms with van der Waals surface area (Å²) in [5.41, 5.74) is 1.05. The molecule has 122 valence electrons. The molecule has 0 fully saturated rings. The van der Waals surface area contributed by atoms with E-state index in [4.69, 9.17) is 9.16 Å². The largest absolute Gasteiger partial charge is 0.541 e. The van der Waals surface area contributed by atoms with Gasteiger partial charge in [-0.1, -0.05) is 39.0 Å². The van der Waals surface area contributed by atoms with Crippen LogP contribution in [0.4, 0.5) is 0 Å². The van der Waals surface area contributed by atoms with Crippen LogP contribution in [-0.2, 0) is 4.79 Å². The van der Waals surface area contributed by atoms with Crippen LogP contribution in [-0.4, -0.2) is 21.7 Å². The molecular formula is C18H28O3Si. The number of aldehydes is 1. The number of carbonyl (C=O) groups is 1. The summed E-state index contributed by atoms with van der Waals surface area (Å²) >= 11 is 0. The van der Waals surface area contributed by atoms with Gasteiger partial charge in [-0.15, -0.1) is 0 Å². The molecule has 0 atom stereocenters. The van der Waals surface area contributed by atoms with E-state index in [2.05, 4.69) is 33.9 Å². The predicted molar refractivity (Wildman–Crippen MR) is 95.2 cm³/mol. The lowest BCUT2D eigenvalue weighted by Crippen LogP contribution is -2.43. The first-order valence-electron chi connectivity index (χ1n) is 7.68. The average Bonchev–Trinajstić information content (AvgIpc) is 2.43. The normalized spacial score (nSPS) is 12.5. The Labute approximate surface area is 135 Å². The van der Waals surface area contributed by atoms with E-state index in [9.17, 15) is 4.79 Å². The number of unbranched alkanes of at least 4 members (excludes halogenated alkanes) is 1. The van der Waals surface area contributed by atoms with E-state index in [0.29, 0.717) is 6.42 Å². The minimum absolute atomic E-state index is 0.144. The molecule has 0 aromatic heterocycles. The van der Waals surface area contributed by atoms with E-state index in [1.807, 2.05) is 30.4 Å². The summed E-state index contributed by atoms with van der Waals surface area (Å²) < 4.78 is 11.8. The Morgan fingerprint density at radius 1 is 1.14 bits per heavy atom. The van der Waals surface area contributed by atoms with E-state index < -0.39 is 8.32 Å². The number of hydrogen-bond acceptors (Lipinski definition) is 3. The van der Waals surface area contributed by atoms with Gasteiger partial charge in [0.2, 0.25) is 0 Å². The summed E-state index contributed by atoms with van der Waals surface area (Å²) in [5, 5.41) is 0.144. The van der Waals surface area contributed by atoms with E-state index in [1.54, 1.807) is 7.11 Å². The van der Waals surface area contributed by atoms with Crippen LogP contribution in [0.25, 0.3) is 6.08 Å². The first kappa shape index (κ1) is 18.5. The Kier molecular flexibility index (Phi) is 6.42. The van der Waals surface area contributed by atoms with E-state index in [0.717, 1.165) is 29.8 Å². The first-order valence-corrected chi connectivity index (χ1v) is 10.6. The fourth-order valence-corrected chi connectivity index (χ4v) is 2.71. The number of rotatable bonds is 7. The third kappa shape index (κ3) is 5.02. The second kappa shape index (κ2) is 7.63. The van der Waals surface area contributed by atoms with Crippen LogP contribution in [0.5, 0.6) is 11.5 Å². The van der Waals surface area contributed by atoms with Gasteiger partial charge in [0.15, 0.2) is 5.75 Å². The molecule has 0 bridgehead atoms. The molecule has 0 N–H and O–H groups in total. The van der Waals surface area contributed by atoms with Crippen LogP contribution >= 0.6 is 0 Å². The van der Waals surface area contributed by atoms with Gasteiger partial charge in [0, 0.05) is 6.42 Å². The molecule has 0 heterocycles. The number of hydrogen-bond donors (Lipinski definition) is 0. The molecule has 22 heavy (non-hydrogen) atoms. The van der Waals surface area contributed by atoms with Gasteiger partial charge in [0.25, 0.3) is 8.32 Å². The summed E-state index contributed by atoms with van der Waals surface area (Å²) in [4.78, 5) is 10.3. The number of allylic oxidation sites excluding steroid dienone is 1. The maximum Gasteiger partial charge on any atom is 0.250 e. The van der Waals surface area contributed by atoms with Crippen molar-refractivity contribution < 1.29 is 14.0 Å². The Bertz CT molecular complexity index is 528. The zero-order valence-electron chi connectivity index (χ0n) is 14.6. The summed E-state index contributed by atoms with van der Waals surface area (Å²) in [5.74, 6) is 1.56. The summed E-state index contributed by atoms with van der Waals surface area (Å²) in [7, 11) is -0.223. The lowest BCUT2D eigenvalue weighted by molar-refractivity contribution is -0.107. The predicted octanol–water partition coefficient (Wildman–Crippen LogP) is 5.07. The molecule has 0 saturated heterocycles. The molecule has 0 amide bonds. The fraction of sp³-hybridized carbons (Fsp3) is 0.500. The molecule has 1 aromatic rings. The van der Waals surface area contributed by atoms with Crippen LogP contribution in [0.1, 0.15) is 39.2 Å². The Morgan fingerprint density at radius 3 is 2.36 bits per heavy atom. The molecule has 0 aliphatic heterocycles. The average molecular weight is 321 g/mol. The molecule has 0 unspecified atom stereocenters. The second-order valence-corrected chi connectivity index (χ2v) is 11.6. The van der Waals surface area contributed by atoms with Gasteiger partial charge in [-0.2, -0.15) is 0 Å². The minimum atomic E-state index is -1.88. The molecule has 0 radical (unpaired) electrons. The van der Waals surface area contributed by atoms with E-state index >= 15 is 0 Å². The van der Waals surface area contributed by atoms with Gasteiger partial charge in [0.05, 0.1) is 7.11 Å². The molecule has 0 aliphatic carbocycles. The minimum Gasteiger partial charge on any atom is -0.541 e. The maximum atomic E-state index is 10.3. The topological polar surface area (TPSA) is 35.5 Å². The molecule has 1 aromatic carbocycles. The third-order valence-electron chi connectivity index (χ3n) is 4.12. The standard InChI is InChI=1S/C18H28O3Si/c1-18(2,3)22(5,6)21-16-12-11-15(14-17(16)20-4)10-8-7-9-13-19/h8,10-14H,7,9H2,1-6H3/b10-8-. The van der Waals surface area contributed by atoms with Gasteiger partial charge in [-0.3, -0.25) is 0 Å². The highest BCUT2D eigenvalue weighted by Gasteiger charge is 2.39. The van der Waals surface area contributed by atoms with Gasteiger partial charge in [-0.05, 0) is 42.2 Å². The van der Waals surface area contributed by atoms with E-state index in [1.165, 1.54) is 0 Å². The van der Waals surface area contributed by atoms with Crippen LogP contribution in [0, 0.1) is 0 Å². The van der Waals surface area contributed by atoms with Crippen LogP contribution in [0.15, 0.2) is 24.3 Å². The zero-order valence-corrected chi connectivity index (χ0v) is 15.6. The lowest BCUT2D eigenvalue weighted by atomic mass is 10.1. The third-order valence-corrected chi connectivity index (χ3v) is 8.46. The highest BCUT2D eigenvalue weighted by Crippen LogP contribution is 2.40. The second-order valence-electron chi connectivity index (χ2n) is 6.92. The molecule has 1 rings (SSSR count). The van der Waals surface area contributed by atoms with Crippen molar-refractivity contribution in [1.29, 1.82) is 0 Å². The number of ether oxygens (including phenoxy) is 1. The van der Waals surface area contributed by atoms with Crippen molar-refractivity contribution in [3.05, 3.63) is 29.8 Å². The molecule has 3 nitrogen and oxygen atoms in total. The van der Waals surface area contributed by atoms with Crippen molar-refractivity contribution >= 4 is 20.7 Å². The lowest BCUT2D eigenvalue weighted by Gasteiger charge is -2.36. The quantitative estimate of drug-likeness (QED) is 0.399. The summed E-state index contributed by atoms with van der Waals surface area (Å²) in [6, 6.07) is 5.96. The Morgan fingerprint density at radius 2 is 1.82 bits per heavy atom. The molecule has 4 heteroatoms. The molecule has 0 spiro atoms. The van der Waals surface area contributed by atoms with Crippen LogP contribution in [0.3, 0.4) is 0 Å². The van der Waals surface area contributed by atoms with Crippen molar-refractivity contribution in [3.63, 3.8) is 0 Å². The number of carbonyl (C=O) groups excluding carboxylic acids is 1.